The van der Waals surface area contributed by atoms with Crippen LogP contribution in [0, 0.1) is 0 Å². The first kappa shape index (κ1) is 31.9. The van der Waals surface area contributed by atoms with Gasteiger partial charge in [0.25, 0.3) is 0 Å². The first-order valence-corrected chi connectivity index (χ1v) is 19.8. The first-order chi connectivity index (χ1) is 28.2. The van der Waals surface area contributed by atoms with Crippen LogP contribution in [0.4, 0.5) is 0 Å². The predicted molar refractivity (Wildman–Crippen MR) is 236 cm³/mol. The lowest BCUT2D eigenvalue weighted by Gasteiger charge is -2.08. The summed E-state index contributed by atoms with van der Waals surface area (Å²) in [5.41, 5.74) is 10.1. The van der Waals surface area contributed by atoms with E-state index in [4.69, 9.17) is 19.4 Å². The molecular formula is C51H30N4OS. The highest BCUT2D eigenvalue weighted by atomic mass is 32.1. The highest BCUT2D eigenvalue weighted by Crippen LogP contribution is 2.42. The number of nitrogens with zero attached hydrogens (tertiary/aromatic N) is 4. The fourth-order valence-electron chi connectivity index (χ4n) is 8.31. The Morgan fingerprint density at radius 1 is 0.351 bits per heavy atom. The van der Waals surface area contributed by atoms with Gasteiger partial charge in [-0.05, 0) is 77.9 Å². The molecule has 8 aromatic carbocycles. The molecule has 0 amide bonds. The molecule has 5 nitrogen and oxygen atoms in total. The molecule has 57 heavy (non-hydrogen) atoms. The minimum absolute atomic E-state index is 0.599. The van der Waals surface area contributed by atoms with Crippen molar-refractivity contribution in [1.82, 2.24) is 19.5 Å². The van der Waals surface area contributed by atoms with Gasteiger partial charge in [0.05, 0.1) is 11.0 Å². The van der Waals surface area contributed by atoms with Crippen LogP contribution in [0.15, 0.2) is 186 Å². The Balaban J connectivity index is 0.987. The third-order valence-electron chi connectivity index (χ3n) is 11.0. The molecule has 0 aliphatic heterocycles. The van der Waals surface area contributed by atoms with Crippen molar-refractivity contribution in [3.05, 3.63) is 182 Å². The van der Waals surface area contributed by atoms with Gasteiger partial charge < -0.3 is 8.98 Å². The Morgan fingerprint density at radius 3 is 1.60 bits per heavy atom. The van der Waals surface area contributed by atoms with E-state index >= 15 is 0 Å². The minimum Gasteiger partial charge on any atom is -0.456 e. The zero-order valence-corrected chi connectivity index (χ0v) is 31.2. The molecular weight excluding hydrogens is 717 g/mol. The molecule has 4 heterocycles. The Morgan fingerprint density at radius 2 is 0.895 bits per heavy atom. The minimum atomic E-state index is 0.599. The highest BCUT2D eigenvalue weighted by Gasteiger charge is 2.18. The van der Waals surface area contributed by atoms with Crippen LogP contribution < -0.4 is 0 Å². The van der Waals surface area contributed by atoms with Gasteiger partial charge in [0.2, 0.25) is 0 Å². The predicted octanol–water partition coefficient (Wildman–Crippen LogP) is 13.9. The molecule has 0 radical (unpaired) electrons. The molecule has 0 unspecified atom stereocenters. The van der Waals surface area contributed by atoms with E-state index in [9.17, 15) is 0 Å². The molecule has 6 heteroatoms. The number of hydrogen-bond donors (Lipinski definition) is 0. The standard InChI is InChI=1S/C51H30N4OS/c1-4-12-31(13-5-1)49-52-50(32-14-6-2-7-15-32)54-51(53-49)35-21-24-38-37-23-20-34(27-45(37)56-46(38)28-35)33-22-25-43-40(26-33)41-29-42-39-18-10-11-19-47(39)57-48(42)30-44(41)55(43)36-16-8-3-9-17-36/h1-30H. The molecule has 0 atom stereocenters. The lowest BCUT2D eigenvalue weighted by molar-refractivity contribution is 0.669. The third-order valence-corrected chi connectivity index (χ3v) is 12.2. The second-order valence-electron chi connectivity index (χ2n) is 14.4. The number of para-hydroxylation sites is 1. The number of aromatic nitrogens is 4. The molecule has 266 valence electrons. The van der Waals surface area contributed by atoms with Crippen molar-refractivity contribution in [2.24, 2.45) is 0 Å². The van der Waals surface area contributed by atoms with Crippen LogP contribution in [0.2, 0.25) is 0 Å². The third kappa shape index (κ3) is 5.19. The van der Waals surface area contributed by atoms with E-state index in [0.29, 0.717) is 17.5 Å². The van der Waals surface area contributed by atoms with Gasteiger partial charge in [-0.3, -0.25) is 0 Å². The summed E-state index contributed by atoms with van der Waals surface area (Å²) in [6, 6.07) is 63.9. The average Bonchev–Trinajstić information content (AvgIpc) is 3.94. The van der Waals surface area contributed by atoms with Crippen LogP contribution in [0.1, 0.15) is 0 Å². The van der Waals surface area contributed by atoms with E-state index in [1.807, 2.05) is 78.1 Å². The number of furan rings is 1. The maximum absolute atomic E-state index is 6.63. The summed E-state index contributed by atoms with van der Waals surface area (Å²) in [5, 5.41) is 7.19. The van der Waals surface area contributed by atoms with E-state index in [1.165, 1.54) is 42.0 Å². The lowest BCUT2D eigenvalue weighted by atomic mass is 10.0. The molecule has 12 aromatic rings. The van der Waals surface area contributed by atoms with Crippen molar-refractivity contribution in [1.29, 1.82) is 0 Å². The fraction of sp³-hybridized carbons (Fsp3) is 0. The van der Waals surface area contributed by atoms with Crippen LogP contribution in [0.3, 0.4) is 0 Å². The summed E-state index contributed by atoms with van der Waals surface area (Å²) in [6.45, 7) is 0. The van der Waals surface area contributed by atoms with Gasteiger partial charge >= 0.3 is 0 Å². The van der Waals surface area contributed by atoms with E-state index < -0.39 is 0 Å². The Bertz CT molecular complexity index is 3460. The number of fused-ring (bicyclic) bond motifs is 9. The number of rotatable bonds is 5. The van der Waals surface area contributed by atoms with Gasteiger partial charge in [0.1, 0.15) is 11.2 Å². The average molecular weight is 747 g/mol. The largest absolute Gasteiger partial charge is 0.456 e. The van der Waals surface area contributed by atoms with Crippen LogP contribution in [0.25, 0.3) is 115 Å². The molecule has 0 saturated heterocycles. The highest BCUT2D eigenvalue weighted by molar-refractivity contribution is 7.25. The van der Waals surface area contributed by atoms with Crippen molar-refractivity contribution < 1.29 is 4.42 Å². The van der Waals surface area contributed by atoms with Crippen molar-refractivity contribution in [3.8, 4) is 51.0 Å². The molecule has 12 rings (SSSR count). The van der Waals surface area contributed by atoms with Crippen molar-refractivity contribution in [2.75, 3.05) is 0 Å². The maximum atomic E-state index is 6.63. The number of benzene rings is 8. The van der Waals surface area contributed by atoms with E-state index in [0.717, 1.165) is 55.4 Å². The van der Waals surface area contributed by atoms with E-state index in [-0.39, 0.29) is 0 Å². The normalized spacial score (nSPS) is 11.9. The van der Waals surface area contributed by atoms with Crippen LogP contribution in [-0.4, -0.2) is 19.5 Å². The smallest absolute Gasteiger partial charge is 0.164 e. The Hall–Kier alpha value is -7.41. The molecule has 4 aromatic heterocycles. The Labute approximate surface area is 330 Å². The van der Waals surface area contributed by atoms with Crippen LogP contribution in [0.5, 0.6) is 0 Å². The van der Waals surface area contributed by atoms with Gasteiger partial charge in [-0.25, -0.2) is 15.0 Å². The zero-order valence-electron chi connectivity index (χ0n) is 30.4. The van der Waals surface area contributed by atoms with Crippen molar-refractivity contribution in [2.45, 2.75) is 0 Å². The zero-order chi connectivity index (χ0) is 37.5. The summed E-state index contributed by atoms with van der Waals surface area (Å²) in [4.78, 5) is 14.8. The molecule has 0 fully saturated rings. The summed E-state index contributed by atoms with van der Waals surface area (Å²) >= 11 is 1.86. The Kier molecular flexibility index (Phi) is 7.03. The summed E-state index contributed by atoms with van der Waals surface area (Å²) < 4.78 is 11.6. The lowest BCUT2D eigenvalue weighted by Crippen LogP contribution is -2.00. The SMILES string of the molecule is c1ccc(-c2nc(-c3ccccc3)nc(-c3ccc4c(c3)oc3cc(-c5ccc6c(c5)c5cc7c(cc5n6-c5ccccc5)sc5ccccc57)ccc34)n2)cc1. The van der Waals surface area contributed by atoms with Gasteiger partial charge in [0, 0.05) is 64.1 Å². The fourth-order valence-corrected chi connectivity index (χ4v) is 9.43. The van der Waals surface area contributed by atoms with Gasteiger partial charge in [-0.2, -0.15) is 0 Å². The topological polar surface area (TPSA) is 56.7 Å². The second kappa shape index (κ2) is 12.6. The van der Waals surface area contributed by atoms with Gasteiger partial charge in [-0.15, -0.1) is 11.3 Å². The molecule has 0 spiro atoms. The summed E-state index contributed by atoms with van der Waals surface area (Å²) in [5.74, 6) is 1.86. The van der Waals surface area contributed by atoms with Crippen LogP contribution in [-0.2, 0) is 0 Å². The quantitative estimate of drug-likeness (QED) is 0.176. The van der Waals surface area contributed by atoms with E-state index in [1.54, 1.807) is 0 Å². The summed E-state index contributed by atoms with van der Waals surface area (Å²) in [6.07, 6.45) is 0. The molecule has 0 N–H and O–H groups in total. The molecule has 0 aliphatic rings. The summed E-state index contributed by atoms with van der Waals surface area (Å²) in [7, 11) is 0. The molecule has 0 aliphatic carbocycles. The maximum Gasteiger partial charge on any atom is 0.164 e. The molecule has 0 saturated carbocycles. The van der Waals surface area contributed by atoms with Crippen molar-refractivity contribution in [3.63, 3.8) is 0 Å². The van der Waals surface area contributed by atoms with E-state index in [2.05, 4.69) is 120 Å². The molecule has 0 bridgehead atoms. The number of thiophene rings is 1. The first-order valence-electron chi connectivity index (χ1n) is 19.0. The van der Waals surface area contributed by atoms with Crippen LogP contribution >= 0.6 is 11.3 Å². The van der Waals surface area contributed by atoms with Gasteiger partial charge in [-0.1, -0.05) is 115 Å². The monoisotopic (exact) mass is 746 g/mol. The second-order valence-corrected chi connectivity index (χ2v) is 15.5. The van der Waals surface area contributed by atoms with Crippen molar-refractivity contribution >= 4 is 75.3 Å². The van der Waals surface area contributed by atoms with Gasteiger partial charge in [0.15, 0.2) is 17.5 Å². The number of hydrogen-bond acceptors (Lipinski definition) is 5.